The first-order chi connectivity index (χ1) is 28.9. The van der Waals surface area contributed by atoms with Crippen LogP contribution in [0, 0.1) is 19.3 Å². The molecule has 0 saturated heterocycles. The van der Waals surface area contributed by atoms with Crippen LogP contribution in [0.1, 0.15) is 16.7 Å². The number of benzene rings is 9. The zero-order valence-corrected chi connectivity index (χ0v) is 33.4. The summed E-state index contributed by atoms with van der Waals surface area (Å²) in [5.74, 6) is 0.0761. The molecule has 0 aliphatic carbocycles. The second kappa shape index (κ2) is 16.9. The lowest BCUT2D eigenvalue weighted by atomic mass is 9.95. The Morgan fingerprint density at radius 1 is 0.407 bits per heavy atom. The highest BCUT2D eigenvalue weighted by Gasteiger charge is 2.14. The molecule has 59 heavy (non-hydrogen) atoms. The quantitative estimate of drug-likeness (QED) is 0.0946. The van der Waals surface area contributed by atoms with Crippen molar-refractivity contribution in [2.75, 3.05) is 7.05 Å². The molecule has 0 amide bonds. The number of amidine groups is 1. The van der Waals surface area contributed by atoms with Gasteiger partial charge in [-0.15, -0.1) is 0 Å². The number of hydrogen-bond donors (Lipinski definition) is 3. The second-order valence-electron chi connectivity index (χ2n) is 14.5. The molecule has 0 aliphatic heterocycles. The monoisotopic (exact) mass is 767 g/mol. The normalized spacial score (nSPS) is 10.8. The first kappa shape index (κ1) is 38.4. The van der Waals surface area contributed by atoms with E-state index < -0.39 is 0 Å². The van der Waals surface area contributed by atoms with Gasteiger partial charge >= 0.3 is 0 Å². The van der Waals surface area contributed by atoms with Crippen molar-refractivity contribution in [1.29, 1.82) is 5.41 Å². The van der Waals surface area contributed by atoms with Gasteiger partial charge in [0.05, 0.1) is 0 Å². The third kappa shape index (κ3) is 7.93. The molecular formula is C54H45N3O2. The lowest BCUT2D eigenvalue weighted by molar-refractivity contribution is 0.668. The number of rotatable bonds is 3. The van der Waals surface area contributed by atoms with E-state index in [1.807, 2.05) is 54.6 Å². The standard InChI is InChI=1S/C33H22O.C13H10N2O.C7H8.CH5N/c1-21-6-4-8-26(18-21)28-10-5-11-32-33(28)30-20-25(16-17-31(30)34-32)24-15-14-23-13-12-22-7-2-3-9-27(22)29(23)19-24;14-13(15)8-5-6-12-10(7-8)9-3-1-2-4-11(9)16-12;1-7-5-3-2-4-6-7;1-2/h2-20H,1H3;1-7H,(H3,14,15);2-6H,1H3;2H2,1H3. The molecule has 11 rings (SSSR count). The Hall–Kier alpha value is -7.47. The minimum atomic E-state index is 0.0761. The van der Waals surface area contributed by atoms with Crippen LogP contribution in [-0.2, 0) is 0 Å². The number of para-hydroxylation sites is 1. The third-order valence-corrected chi connectivity index (χ3v) is 10.5. The molecule has 288 valence electrons. The van der Waals surface area contributed by atoms with Gasteiger partial charge in [0.2, 0.25) is 0 Å². The van der Waals surface area contributed by atoms with Gasteiger partial charge in [0.25, 0.3) is 0 Å². The molecule has 0 spiro atoms. The number of furan rings is 2. The maximum atomic E-state index is 7.42. The van der Waals surface area contributed by atoms with Crippen molar-refractivity contribution in [3.8, 4) is 22.3 Å². The molecular weight excluding hydrogens is 723 g/mol. The lowest BCUT2D eigenvalue weighted by Gasteiger charge is -2.08. The van der Waals surface area contributed by atoms with E-state index in [2.05, 4.69) is 147 Å². The van der Waals surface area contributed by atoms with Crippen LogP contribution in [0.5, 0.6) is 0 Å². The fraction of sp³-hybridized carbons (Fsp3) is 0.0556. The van der Waals surface area contributed by atoms with Gasteiger partial charge in [0, 0.05) is 27.1 Å². The molecule has 0 unspecified atom stereocenters. The molecule has 0 aliphatic rings. The highest BCUT2D eigenvalue weighted by Crippen LogP contribution is 2.39. The van der Waals surface area contributed by atoms with E-state index in [4.69, 9.17) is 20.0 Å². The maximum absolute atomic E-state index is 7.42. The topological polar surface area (TPSA) is 102 Å². The molecule has 5 heteroatoms. The Labute approximate surface area is 343 Å². The molecule has 5 N–H and O–H groups in total. The van der Waals surface area contributed by atoms with Crippen molar-refractivity contribution < 1.29 is 8.83 Å². The zero-order valence-electron chi connectivity index (χ0n) is 33.4. The molecule has 2 aromatic heterocycles. The van der Waals surface area contributed by atoms with E-state index in [0.29, 0.717) is 0 Å². The van der Waals surface area contributed by atoms with Crippen molar-refractivity contribution >= 4 is 71.3 Å². The predicted octanol–water partition coefficient (Wildman–Crippen LogP) is 14.0. The SMILES string of the molecule is CN.Cc1cccc(-c2cccc3oc4ccc(-c5ccc6ccc7ccccc7c6c5)cc4c23)c1.Cc1ccccc1.N=C(N)c1ccc2oc3ccccc3c2c1. The summed E-state index contributed by atoms with van der Waals surface area (Å²) in [5.41, 5.74) is 21.6. The van der Waals surface area contributed by atoms with Crippen LogP contribution in [0.25, 0.3) is 87.7 Å². The minimum Gasteiger partial charge on any atom is -0.456 e. The summed E-state index contributed by atoms with van der Waals surface area (Å²) in [7, 11) is 1.50. The average Bonchev–Trinajstić information content (AvgIpc) is 3.85. The van der Waals surface area contributed by atoms with Gasteiger partial charge in [-0.25, -0.2) is 0 Å². The van der Waals surface area contributed by atoms with Gasteiger partial charge in [-0.3, -0.25) is 5.41 Å². The van der Waals surface area contributed by atoms with Gasteiger partial charge in [0.1, 0.15) is 28.2 Å². The van der Waals surface area contributed by atoms with Gasteiger partial charge in [-0.1, -0.05) is 151 Å². The highest BCUT2D eigenvalue weighted by molar-refractivity contribution is 6.14. The van der Waals surface area contributed by atoms with Crippen molar-refractivity contribution in [2.24, 2.45) is 11.5 Å². The zero-order chi connectivity index (χ0) is 40.9. The summed E-state index contributed by atoms with van der Waals surface area (Å²) in [6, 6.07) is 65.0. The van der Waals surface area contributed by atoms with Gasteiger partial charge in [-0.05, 0) is 113 Å². The summed E-state index contributed by atoms with van der Waals surface area (Å²) in [4.78, 5) is 0. The molecule has 11 aromatic rings. The van der Waals surface area contributed by atoms with Gasteiger partial charge < -0.3 is 20.3 Å². The van der Waals surface area contributed by atoms with Gasteiger partial charge in [0.15, 0.2) is 0 Å². The molecule has 0 radical (unpaired) electrons. The van der Waals surface area contributed by atoms with Crippen molar-refractivity contribution in [2.45, 2.75) is 13.8 Å². The van der Waals surface area contributed by atoms with Crippen molar-refractivity contribution in [3.05, 3.63) is 205 Å². The second-order valence-corrected chi connectivity index (χ2v) is 14.5. The molecule has 5 nitrogen and oxygen atoms in total. The summed E-state index contributed by atoms with van der Waals surface area (Å²) in [6.45, 7) is 4.22. The van der Waals surface area contributed by atoms with E-state index >= 15 is 0 Å². The van der Waals surface area contributed by atoms with Crippen LogP contribution >= 0.6 is 0 Å². The van der Waals surface area contributed by atoms with E-state index in [9.17, 15) is 0 Å². The summed E-state index contributed by atoms with van der Waals surface area (Å²) >= 11 is 0. The van der Waals surface area contributed by atoms with Crippen LogP contribution in [0.3, 0.4) is 0 Å². The largest absolute Gasteiger partial charge is 0.456 e. The van der Waals surface area contributed by atoms with Crippen LogP contribution < -0.4 is 11.5 Å². The first-order valence-corrected chi connectivity index (χ1v) is 19.7. The number of aryl methyl sites for hydroxylation is 2. The van der Waals surface area contributed by atoms with Crippen molar-refractivity contribution in [1.82, 2.24) is 0 Å². The Balaban J connectivity index is 0.000000159. The Morgan fingerprint density at radius 2 is 0.966 bits per heavy atom. The fourth-order valence-corrected chi connectivity index (χ4v) is 7.67. The summed E-state index contributed by atoms with van der Waals surface area (Å²) in [6.07, 6.45) is 0. The third-order valence-electron chi connectivity index (χ3n) is 10.5. The number of fused-ring (bicyclic) bond motifs is 9. The summed E-state index contributed by atoms with van der Waals surface area (Å²) in [5, 5.41) is 16.9. The molecule has 0 fully saturated rings. The lowest BCUT2D eigenvalue weighted by Crippen LogP contribution is -2.10. The Kier molecular flexibility index (Phi) is 11.0. The minimum absolute atomic E-state index is 0.0761. The number of nitrogens with one attached hydrogen (secondary N) is 1. The molecule has 9 aromatic carbocycles. The first-order valence-electron chi connectivity index (χ1n) is 19.7. The molecule has 0 bridgehead atoms. The van der Waals surface area contributed by atoms with E-state index in [0.717, 1.165) is 44.1 Å². The van der Waals surface area contributed by atoms with Crippen LogP contribution in [0.2, 0.25) is 0 Å². The fourth-order valence-electron chi connectivity index (χ4n) is 7.67. The van der Waals surface area contributed by atoms with Crippen LogP contribution in [0.4, 0.5) is 0 Å². The number of nitrogens with two attached hydrogens (primary N) is 2. The van der Waals surface area contributed by atoms with E-state index in [1.54, 1.807) is 6.07 Å². The van der Waals surface area contributed by atoms with E-state index in [-0.39, 0.29) is 5.84 Å². The number of hydrogen-bond acceptors (Lipinski definition) is 4. The highest BCUT2D eigenvalue weighted by atomic mass is 16.3. The van der Waals surface area contributed by atoms with Gasteiger partial charge in [-0.2, -0.15) is 0 Å². The van der Waals surface area contributed by atoms with Crippen LogP contribution in [0.15, 0.2) is 197 Å². The average molecular weight is 768 g/mol. The molecule has 2 heterocycles. The van der Waals surface area contributed by atoms with E-state index in [1.165, 1.54) is 67.4 Å². The summed E-state index contributed by atoms with van der Waals surface area (Å²) < 4.78 is 11.9. The predicted molar refractivity (Wildman–Crippen MR) is 250 cm³/mol. The Bertz CT molecular complexity index is 3250. The van der Waals surface area contributed by atoms with Crippen molar-refractivity contribution in [3.63, 3.8) is 0 Å². The van der Waals surface area contributed by atoms with Crippen LogP contribution in [-0.4, -0.2) is 12.9 Å². The smallest absolute Gasteiger partial charge is 0.136 e. The molecule has 0 saturated carbocycles. The number of nitrogen functional groups attached to an aromatic ring is 1. The Morgan fingerprint density at radius 3 is 1.71 bits per heavy atom. The maximum Gasteiger partial charge on any atom is 0.136 e. The molecule has 0 atom stereocenters.